The van der Waals surface area contributed by atoms with Crippen molar-refractivity contribution < 1.29 is 4.39 Å². The van der Waals surface area contributed by atoms with E-state index in [9.17, 15) is 9.18 Å². The molecule has 0 bridgehead atoms. The van der Waals surface area contributed by atoms with Crippen LogP contribution < -0.4 is 16.2 Å². The van der Waals surface area contributed by atoms with Crippen LogP contribution in [-0.2, 0) is 19.9 Å². The molecule has 0 saturated carbocycles. The van der Waals surface area contributed by atoms with Gasteiger partial charge in [-0.2, -0.15) is 0 Å². The third-order valence-electron chi connectivity index (χ3n) is 7.35. The monoisotopic (exact) mass is 592 g/mol. The molecule has 5 rings (SSSR count). The van der Waals surface area contributed by atoms with E-state index in [1.165, 1.54) is 58.1 Å². The molecule has 0 spiro atoms. The zero-order valence-electron chi connectivity index (χ0n) is 22.3. The van der Waals surface area contributed by atoms with Crippen molar-refractivity contribution in [2.45, 2.75) is 57.8 Å². The maximum Gasteiger partial charge on any atom is 0.255 e. The van der Waals surface area contributed by atoms with Crippen molar-refractivity contribution in [2.75, 3.05) is 23.7 Å². The third kappa shape index (κ3) is 6.46. The molecule has 7 nitrogen and oxygen atoms in total. The van der Waals surface area contributed by atoms with Crippen LogP contribution in [0.15, 0.2) is 52.0 Å². The lowest BCUT2D eigenvalue weighted by atomic mass is 9.92. The molecule has 3 heterocycles. The molecule has 0 fully saturated rings. The number of nitrogens with zero attached hydrogens (tertiary/aromatic N) is 4. The summed E-state index contributed by atoms with van der Waals surface area (Å²) in [4.78, 5) is 25.6. The standard InChI is InChI=1S/C30H34BrFN6O/c1-38-28(39)18-27(21-13-16-33-19-24(21)32)37-30(38)35-15-8-4-2-3-7-14-34-29-22-9-5-6-10-25(22)36-26-17-20(31)11-12-23(26)29/h11-13,16-19H,2-10,14-15H2,1H3,(H,34,36)(H,35,37). The summed E-state index contributed by atoms with van der Waals surface area (Å²) in [5.41, 5.74) is 5.34. The highest BCUT2D eigenvalue weighted by molar-refractivity contribution is 9.10. The second-order valence-electron chi connectivity index (χ2n) is 10.1. The lowest BCUT2D eigenvalue weighted by Gasteiger charge is -2.22. The van der Waals surface area contributed by atoms with Crippen LogP contribution in [0.1, 0.15) is 56.2 Å². The van der Waals surface area contributed by atoms with Gasteiger partial charge in [0.1, 0.15) is 0 Å². The van der Waals surface area contributed by atoms with Crippen LogP contribution in [0.4, 0.5) is 16.0 Å². The lowest BCUT2D eigenvalue weighted by molar-refractivity contribution is 0.623. The summed E-state index contributed by atoms with van der Waals surface area (Å²) in [7, 11) is 1.67. The molecule has 39 heavy (non-hydrogen) atoms. The number of fused-ring (bicyclic) bond motifs is 2. The van der Waals surface area contributed by atoms with E-state index >= 15 is 0 Å². The van der Waals surface area contributed by atoms with Crippen molar-refractivity contribution >= 4 is 38.5 Å². The van der Waals surface area contributed by atoms with Gasteiger partial charge >= 0.3 is 0 Å². The van der Waals surface area contributed by atoms with Gasteiger partial charge in [0.25, 0.3) is 5.56 Å². The molecule has 3 aromatic heterocycles. The third-order valence-corrected chi connectivity index (χ3v) is 7.84. The molecular weight excluding hydrogens is 559 g/mol. The fraction of sp³-hybridized carbons (Fsp3) is 0.400. The largest absolute Gasteiger partial charge is 0.384 e. The zero-order chi connectivity index (χ0) is 27.2. The molecule has 0 saturated heterocycles. The Hall–Kier alpha value is -3.33. The Morgan fingerprint density at radius 3 is 2.56 bits per heavy atom. The number of hydrogen-bond acceptors (Lipinski definition) is 6. The number of pyridine rings is 2. The van der Waals surface area contributed by atoms with Gasteiger partial charge < -0.3 is 10.6 Å². The number of hydrogen-bond donors (Lipinski definition) is 2. The van der Waals surface area contributed by atoms with Gasteiger partial charge in [0.15, 0.2) is 5.82 Å². The molecule has 0 unspecified atom stereocenters. The fourth-order valence-electron chi connectivity index (χ4n) is 5.21. The fourth-order valence-corrected chi connectivity index (χ4v) is 5.56. The molecule has 4 aromatic rings. The number of anilines is 2. The lowest BCUT2D eigenvalue weighted by Crippen LogP contribution is -2.22. The molecule has 1 aliphatic carbocycles. The summed E-state index contributed by atoms with van der Waals surface area (Å²) in [6.07, 6.45) is 12.7. The van der Waals surface area contributed by atoms with Crippen molar-refractivity contribution in [3.8, 4) is 11.3 Å². The van der Waals surface area contributed by atoms with Crippen molar-refractivity contribution in [1.29, 1.82) is 0 Å². The number of aromatic nitrogens is 4. The quantitative estimate of drug-likeness (QED) is 0.190. The highest BCUT2D eigenvalue weighted by Gasteiger charge is 2.18. The van der Waals surface area contributed by atoms with Gasteiger partial charge in [0.2, 0.25) is 5.95 Å². The Kier molecular flexibility index (Phi) is 8.86. The van der Waals surface area contributed by atoms with Crippen LogP contribution in [0.2, 0.25) is 0 Å². The van der Waals surface area contributed by atoms with E-state index < -0.39 is 5.82 Å². The number of aryl methyl sites for hydroxylation is 1. The van der Waals surface area contributed by atoms with E-state index in [1.807, 2.05) is 0 Å². The van der Waals surface area contributed by atoms with Crippen molar-refractivity contribution in [3.63, 3.8) is 0 Å². The molecule has 0 amide bonds. The molecular formula is C30H34BrFN6O. The number of halogens is 2. The second kappa shape index (κ2) is 12.7. The molecule has 204 valence electrons. The summed E-state index contributed by atoms with van der Waals surface area (Å²) >= 11 is 3.59. The number of rotatable bonds is 11. The second-order valence-corrected chi connectivity index (χ2v) is 11.0. The first-order chi connectivity index (χ1) is 19.0. The smallest absolute Gasteiger partial charge is 0.255 e. The van der Waals surface area contributed by atoms with E-state index in [2.05, 4.69) is 54.7 Å². The maximum atomic E-state index is 14.1. The summed E-state index contributed by atoms with van der Waals surface area (Å²) in [5.74, 6) is -0.0541. The highest BCUT2D eigenvalue weighted by atomic mass is 79.9. The first-order valence-electron chi connectivity index (χ1n) is 13.8. The maximum absolute atomic E-state index is 14.1. The van der Waals surface area contributed by atoms with E-state index in [-0.39, 0.29) is 11.1 Å². The molecule has 0 aliphatic heterocycles. The van der Waals surface area contributed by atoms with Crippen LogP contribution >= 0.6 is 15.9 Å². The number of unbranched alkanes of at least 4 members (excludes halogenated alkanes) is 4. The normalized spacial score (nSPS) is 12.9. The Balaban J connectivity index is 1.08. The highest BCUT2D eigenvalue weighted by Crippen LogP contribution is 2.34. The summed E-state index contributed by atoms with van der Waals surface area (Å²) < 4.78 is 16.6. The van der Waals surface area contributed by atoms with E-state index in [0.717, 1.165) is 67.7 Å². The van der Waals surface area contributed by atoms with Crippen LogP contribution in [0.5, 0.6) is 0 Å². The minimum atomic E-state index is -0.497. The van der Waals surface area contributed by atoms with Crippen LogP contribution in [0.25, 0.3) is 22.2 Å². The Labute approximate surface area is 236 Å². The molecule has 9 heteroatoms. The first-order valence-corrected chi connectivity index (χ1v) is 14.6. The van der Waals surface area contributed by atoms with Gasteiger partial charge in [0, 0.05) is 59.2 Å². The number of nitrogens with one attached hydrogen (secondary N) is 2. The van der Waals surface area contributed by atoms with Crippen LogP contribution in [0, 0.1) is 5.82 Å². The molecule has 1 aliphatic rings. The topological polar surface area (TPSA) is 84.7 Å². The summed E-state index contributed by atoms with van der Waals surface area (Å²) in [5, 5.41) is 8.21. The first kappa shape index (κ1) is 27.2. The van der Waals surface area contributed by atoms with Gasteiger partial charge in [-0.15, -0.1) is 0 Å². The molecule has 1 aromatic carbocycles. The van der Waals surface area contributed by atoms with Crippen molar-refractivity contribution in [3.05, 3.63) is 74.6 Å². The van der Waals surface area contributed by atoms with Crippen LogP contribution in [-0.4, -0.2) is 32.6 Å². The minimum absolute atomic E-state index is 0.234. The zero-order valence-corrected chi connectivity index (χ0v) is 23.9. The molecule has 0 atom stereocenters. The number of benzene rings is 1. The van der Waals surface area contributed by atoms with Crippen molar-refractivity contribution in [1.82, 2.24) is 19.5 Å². The SMILES string of the molecule is Cn1c(NCCCCCCCNc2c3c(nc4cc(Br)ccc24)CCCC3)nc(-c2ccncc2F)cc1=O. The van der Waals surface area contributed by atoms with E-state index in [0.29, 0.717) is 18.2 Å². The Bertz CT molecular complexity index is 1520. The van der Waals surface area contributed by atoms with Crippen LogP contribution in [0.3, 0.4) is 0 Å². The van der Waals surface area contributed by atoms with Gasteiger partial charge in [-0.25, -0.2) is 9.37 Å². The van der Waals surface area contributed by atoms with E-state index in [4.69, 9.17) is 4.98 Å². The average molecular weight is 594 g/mol. The summed E-state index contributed by atoms with van der Waals surface area (Å²) in [6, 6.07) is 9.26. The Morgan fingerprint density at radius 2 is 1.74 bits per heavy atom. The van der Waals surface area contributed by atoms with Gasteiger partial charge in [-0.05, 0) is 68.4 Å². The average Bonchev–Trinajstić information content (AvgIpc) is 2.93. The predicted octanol–water partition coefficient (Wildman–Crippen LogP) is 6.65. The minimum Gasteiger partial charge on any atom is -0.384 e. The van der Waals surface area contributed by atoms with Gasteiger partial charge in [-0.3, -0.25) is 19.3 Å². The molecule has 2 N–H and O–H groups in total. The van der Waals surface area contributed by atoms with E-state index in [1.54, 1.807) is 7.05 Å². The van der Waals surface area contributed by atoms with Gasteiger partial charge in [-0.1, -0.05) is 35.2 Å². The summed E-state index contributed by atoms with van der Waals surface area (Å²) in [6.45, 7) is 1.65. The predicted molar refractivity (Wildman–Crippen MR) is 159 cm³/mol. The Morgan fingerprint density at radius 1 is 0.974 bits per heavy atom. The van der Waals surface area contributed by atoms with Gasteiger partial charge in [0.05, 0.1) is 17.4 Å². The molecule has 0 radical (unpaired) electrons. The van der Waals surface area contributed by atoms with Crippen molar-refractivity contribution in [2.24, 2.45) is 7.05 Å².